The third kappa shape index (κ3) is 4.71. The van der Waals surface area contributed by atoms with E-state index in [1.807, 2.05) is 0 Å². The van der Waals surface area contributed by atoms with E-state index in [-0.39, 0.29) is 15.8 Å². The van der Waals surface area contributed by atoms with E-state index in [1.165, 1.54) is 5.56 Å². The van der Waals surface area contributed by atoms with Crippen LogP contribution in [-0.2, 0) is 0 Å². The van der Waals surface area contributed by atoms with Gasteiger partial charge in [0.15, 0.2) is 12.0 Å². The van der Waals surface area contributed by atoms with Crippen LogP contribution in [0.15, 0.2) is 24.3 Å². The smallest absolute Gasteiger partial charge is 0.154 e. The van der Waals surface area contributed by atoms with Crippen molar-refractivity contribution in [2.45, 2.75) is 75.3 Å². The first-order valence-corrected chi connectivity index (χ1v) is 14.2. The summed E-state index contributed by atoms with van der Waals surface area (Å²) in [5.74, 6) is 0.659. The molecule has 0 radical (unpaired) electrons. The van der Waals surface area contributed by atoms with Crippen LogP contribution in [0.25, 0.3) is 22.0 Å². The number of anilines is 1. The van der Waals surface area contributed by atoms with Crippen molar-refractivity contribution in [3.05, 3.63) is 51.1 Å². The Balaban J connectivity index is 1.53. The molecule has 3 aliphatic carbocycles. The van der Waals surface area contributed by atoms with Gasteiger partial charge >= 0.3 is 0 Å². The molecule has 7 heteroatoms. The Kier molecular flexibility index (Phi) is 6.58. The molecule has 194 valence electrons. The van der Waals surface area contributed by atoms with Crippen LogP contribution in [0.2, 0.25) is 10.0 Å². The number of benzene rings is 2. The van der Waals surface area contributed by atoms with E-state index in [2.05, 4.69) is 36.4 Å². The number of carbonyl (C=O) groups is 1. The summed E-state index contributed by atoms with van der Waals surface area (Å²) in [4.78, 5) is 20.0. The highest BCUT2D eigenvalue weighted by Crippen LogP contribution is 2.52. The highest BCUT2D eigenvalue weighted by atomic mass is 35.5. The molecule has 0 unspecified atom stereocenters. The highest BCUT2D eigenvalue weighted by Gasteiger charge is 2.35. The summed E-state index contributed by atoms with van der Waals surface area (Å²) in [6, 6.07) is 8.65. The van der Waals surface area contributed by atoms with Crippen LogP contribution >= 0.6 is 23.2 Å². The van der Waals surface area contributed by atoms with Gasteiger partial charge in [0.25, 0.3) is 0 Å². The zero-order valence-corrected chi connectivity index (χ0v) is 22.9. The van der Waals surface area contributed by atoms with E-state index >= 15 is 0 Å². The minimum absolute atomic E-state index is 0.101. The average Bonchev–Trinajstić information content (AvgIpc) is 3.80. The number of hydrogen-bond donors (Lipinski definition) is 2. The third-order valence-electron chi connectivity index (χ3n) is 8.43. The standard InChI is InChI=1S/C30H33Cl2N3O2/c1-35(2)20-9-7-19(8-10-20)33-29-22(15-36)28(17-5-6-17)34-25-12-11-21(26(27(25)29)16-3-4-16)18-13-23(31)30(37)24(32)14-18/h11-17,19-20,37H,3-10H2,1-2H3,(H,33,34). The maximum atomic E-state index is 12.6. The molecular formula is C30H33Cl2N3O2. The second-order valence-corrected chi connectivity index (χ2v) is 12.1. The number of phenolic OH excluding ortho intramolecular Hbond substituents is 1. The van der Waals surface area contributed by atoms with Crippen molar-refractivity contribution < 1.29 is 9.90 Å². The first-order chi connectivity index (χ1) is 17.9. The van der Waals surface area contributed by atoms with Crippen LogP contribution in [0.5, 0.6) is 5.75 Å². The van der Waals surface area contributed by atoms with Crippen LogP contribution < -0.4 is 5.32 Å². The number of halogens is 2. The van der Waals surface area contributed by atoms with Gasteiger partial charge in [-0.2, -0.15) is 0 Å². The summed E-state index contributed by atoms with van der Waals surface area (Å²) in [5.41, 5.74) is 6.68. The molecule has 6 rings (SSSR count). The summed E-state index contributed by atoms with van der Waals surface area (Å²) in [6.07, 6.45) is 9.83. The Morgan fingerprint density at radius 1 is 0.973 bits per heavy atom. The zero-order valence-electron chi connectivity index (χ0n) is 21.4. The van der Waals surface area contributed by atoms with E-state index in [0.717, 1.165) is 96.6 Å². The largest absolute Gasteiger partial charge is 0.505 e. The quantitative estimate of drug-likeness (QED) is 0.301. The molecule has 0 atom stereocenters. The van der Waals surface area contributed by atoms with Crippen molar-refractivity contribution in [1.29, 1.82) is 0 Å². The Hall–Kier alpha value is -2.34. The maximum Gasteiger partial charge on any atom is 0.154 e. The van der Waals surface area contributed by atoms with Crippen LogP contribution in [0.4, 0.5) is 5.69 Å². The van der Waals surface area contributed by atoms with Crippen molar-refractivity contribution in [1.82, 2.24) is 9.88 Å². The highest BCUT2D eigenvalue weighted by molar-refractivity contribution is 6.37. The molecule has 0 amide bonds. The van der Waals surface area contributed by atoms with Crippen LogP contribution in [0.3, 0.4) is 0 Å². The van der Waals surface area contributed by atoms with E-state index in [9.17, 15) is 9.90 Å². The predicted octanol–water partition coefficient (Wildman–Crippen LogP) is 7.77. The lowest BCUT2D eigenvalue weighted by atomic mass is 9.88. The molecule has 3 fully saturated rings. The molecule has 0 bridgehead atoms. The molecule has 2 N–H and O–H groups in total. The first-order valence-electron chi connectivity index (χ1n) is 13.4. The number of pyridine rings is 1. The van der Waals surface area contributed by atoms with Gasteiger partial charge in [-0.05, 0) is 106 Å². The molecule has 3 aromatic rings. The van der Waals surface area contributed by atoms with Crippen LogP contribution in [0.1, 0.15) is 84.8 Å². The minimum atomic E-state index is -0.101. The number of phenols is 1. The molecule has 37 heavy (non-hydrogen) atoms. The predicted molar refractivity (Wildman–Crippen MR) is 152 cm³/mol. The van der Waals surface area contributed by atoms with Crippen LogP contribution in [0, 0.1) is 0 Å². The van der Waals surface area contributed by atoms with Gasteiger partial charge in [0.1, 0.15) is 0 Å². The summed E-state index contributed by atoms with van der Waals surface area (Å²) >= 11 is 12.7. The number of nitrogens with zero attached hydrogens (tertiary/aromatic N) is 2. The molecule has 3 aliphatic rings. The van der Waals surface area contributed by atoms with Gasteiger partial charge in [0.05, 0.1) is 32.5 Å². The van der Waals surface area contributed by atoms with Crippen molar-refractivity contribution in [3.8, 4) is 16.9 Å². The Labute approximate surface area is 228 Å². The van der Waals surface area contributed by atoms with Crippen LogP contribution in [-0.4, -0.2) is 47.5 Å². The Bertz CT molecular complexity index is 1350. The van der Waals surface area contributed by atoms with Gasteiger partial charge in [-0.3, -0.25) is 9.78 Å². The van der Waals surface area contributed by atoms with Crippen molar-refractivity contribution in [2.75, 3.05) is 19.4 Å². The Morgan fingerprint density at radius 3 is 2.19 bits per heavy atom. The van der Waals surface area contributed by atoms with E-state index < -0.39 is 0 Å². The van der Waals surface area contributed by atoms with Gasteiger partial charge in [-0.1, -0.05) is 29.3 Å². The lowest BCUT2D eigenvalue weighted by Gasteiger charge is -2.34. The van der Waals surface area contributed by atoms with Gasteiger partial charge in [0, 0.05) is 23.4 Å². The number of rotatable bonds is 7. The van der Waals surface area contributed by atoms with Crippen molar-refractivity contribution in [3.63, 3.8) is 0 Å². The summed E-state index contributed by atoms with van der Waals surface area (Å²) < 4.78 is 0. The molecule has 2 aromatic carbocycles. The number of aromatic nitrogens is 1. The summed E-state index contributed by atoms with van der Waals surface area (Å²) in [7, 11) is 4.32. The fraction of sp³-hybridized carbons (Fsp3) is 0.467. The SMILES string of the molecule is CN(C)C1CCC(Nc2c(C=O)c(C3CC3)nc3ccc(-c4cc(Cl)c(O)c(Cl)c4)c(C4CC4)c23)CC1. The van der Waals surface area contributed by atoms with Crippen molar-refractivity contribution in [2.24, 2.45) is 0 Å². The first kappa shape index (κ1) is 25.0. The molecule has 0 spiro atoms. The molecule has 5 nitrogen and oxygen atoms in total. The molecular weight excluding hydrogens is 505 g/mol. The average molecular weight is 539 g/mol. The van der Waals surface area contributed by atoms with Gasteiger partial charge in [-0.15, -0.1) is 0 Å². The number of aromatic hydroxyl groups is 1. The summed E-state index contributed by atoms with van der Waals surface area (Å²) in [6.45, 7) is 0. The lowest BCUT2D eigenvalue weighted by molar-refractivity contribution is 0.112. The fourth-order valence-corrected chi connectivity index (χ4v) is 6.55. The molecule has 0 saturated heterocycles. The van der Waals surface area contributed by atoms with E-state index in [0.29, 0.717) is 23.9 Å². The summed E-state index contributed by atoms with van der Waals surface area (Å²) in [5, 5.41) is 15.6. The third-order valence-corrected chi connectivity index (χ3v) is 9.01. The van der Waals surface area contributed by atoms with Crippen molar-refractivity contribution >= 4 is 46.1 Å². The second-order valence-electron chi connectivity index (χ2n) is 11.3. The zero-order chi connectivity index (χ0) is 25.8. The number of fused-ring (bicyclic) bond motifs is 1. The second kappa shape index (κ2) is 9.76. The minimum Gasteiger partial charge on any atom is -0.505 e. The number of aldehydes is 1. The lowest BCUT2D eigenvalue weighted by Crippen LogP contribution is -2.36. The monoisotopic (exact) mass is 537 g/mol. The van der Waals surface area contributed by atoms with Gasteiger partial charge < -0.3 is 15.3 Å². The number of hydrogen-bond acceptors (Lipinski definition) is 5. The van der Waals surface area contributed by atoms with Gasteiger partial charge in [-0.25, -0.2) is 0 Å². The fourth-order valence-electron chi connectivity index (χ4n) is 6.06. The maximum absolute atomic E-state index is 12.6. The molecule has 1 heterocycles. The van der Waals surface area contributed by atoms with E-state index in [1.54, 1.807) is 12.1 Å². The van der Waals surface area contributed by atoms with Gasteiger partial charge in [0.2, 0.25) is 0 Å². The molecule has 0 aliphatic heterocycles. The topological polar surface area (TPSA) is 65.5 Å². The normalized spacial score (nSPS) is 22.0. The number of carbonyl (C=O) groups excluding carboxylic acids is 1. The molecule has 1 aromatic heterocycles. The number of nitrogens with one attached hydrogen (secondary N) is 1. The Morgan fingerprint density at radius 2 is 1.62 bits per heavy atom. The molecule has 3 saturated carbocycles. The van der Waals surface area contributed by atoms with E-state index in [4.69, 9.17) is 28.2 Å².